The van der Waals surface area contributed by atoms with Gasteiger partial charge < -0.3 is 19.2 Å². The summed E-state index contributed by atoms with van der Waals surface area (Å²) in [6.45, 7) is 0.116. The van der Waals surface area contributed by atoms with E-state index in [1.165, 1.54) is 6.07 Å². The van der Waals surface area contributed by atoms with Gasteiger partial charge in [0.15, 0.2) is 0 Å². The summed E-state index contributed by atoms with van der Waals surface area (Å²) in [5.74, 6) is 0.911. The lowest BCUT2D eigenvalue weighted by Crippen LogP contribution is -2.25. The van der Waals surface area contributed by atoms with Crippen LogP contribution < -0.4 is 14.8 Å². The first-order valence-corrected chi connectivity index (χ1v) is 9.27. The number of benzene rings is 2. The van der Waals surface area contributed by atoms with Crippen molar-refractivity contribution >= 4 is 17.7 Å². The zero-order valence-corrected chi connectivity index (χ0v) is 16.1. The summed E-state index contributed by atoms with van der Waals surface area (Å²) in [5, 5.41) is 10.8. The van der Waals surface area contributed by atoms with E-state index in [4.69, 9.17) is 13.9 Å². The summed E-state index contributed by atoms with van der Waals surface area (Å²) >= 11 is 1.09. The number of hydrogen-bond donors (Lipinski definition) is 1. The third-order valence-electron chi connectivity index (χ3n) is 3.77. The summed E-state index contributed by atoms with van der Waals surface area (Å²) in [6.07, 6.45) is 0. The average molecular weight is 403 g/mol. The average Bonchev–Trinajstić information content (AvgIpc) is 3.20. The van der Waals surface area contributed by atoms with Crippen LogP contribution in [0.3, 0.4) is 0 Å². The lowest BCUT2D eigenvalue weighted by Gasteiger charge is -2.06. The van der Waals surface area contributed by atoms with E-state index in [1.54, 1.807) is 50.6 Å². The highest BCUT2D eigenvalue weighted by Crippen LogP contribution is 2.30. The third-order valence-corrected chi connectivity index (χ3v) is 4.58. The van der Waals surface area contributed by atoms with Crippen molar-refractivity contribution < 1.29 is 23.1 Å². The van der Waals surface area contributed by atoms with Gasteiger partial charge in [-0.05, 0) is 18.2 Å². The highest BCUT2D eigenvalue weighted by atomic mass is 32.2. The molecule has 0 saturated carbocycles. The Labute approximate surface area is 165 Å². The first-order chi connectivity index (χ1) is 13.6. The number of thioether (sulfide) groups is 1. The molecule has 1 aromatic heterocycles. The summed E-state index contributed by atoms with van der Waals surface area (Å²) in [6, 6.07) is 11.5. The van der Waals surface area contributed by atoms with Crippen LogP contribution in [-0.2, 0) is 11.3 Å². The zero-order valence-electron chi connectivity index (χ0n) is 15.3. The molecule has 0 saturated heterocycles. The van der Waals surface area contributed by atoms with E-state index in [9.17, 15) is 9.18 Å². The molecule has 2 aromatic carbocycles. The van der Waals surface area contributed by atoms with Crippen molar-refractivity contribution in [3.63, 3.8) is 0 Å². The number of nitrogens with one attached hydrogen (secondary N) is 1. The molecule has 9 heteroatoms. The van der Waals surface area contributed by atoms with Crippen molar-refractivity contribution in [2.24, 2.45) is 0 Å². The van der Waals surface area contributed by atoms with E-state index in [2.05, 4.69) is 15.5 Å². The first-order valence-electron chi connectivity index (χ1n) is 8.29. The molecular weight excluding hydrogens is 385 g/mol. The molecule has 0 fully saturated rings. The SMILES string of the molecule is COc1cc(OC)cc(-c2nnc(SCC(=O)NCc3ccccc3F)o2)c1. The molecule has 0 aliphatic heterocycles. The van der Waals surface area contributed by atoms with Crippen LogP contribution in [0.5, 0.6) is 11.5 Å². The second-order valence-corrected chi connectivity index (χ2v) is 6.56. The van der Waals surface area contributed by atoms with Crippen LogP contribution in [0.2, 0.25) is 0 Å². The van der Waals surface area contributed by atoms with Crippen molar-refractivity contribution in [3.8, 4) is 23.0 Å². The number of rotatable bonds is 8. The van der Waals surface area contributed by atoms with Crippen molar-refractivity contribution in [3.05, 3.63) is 53.8 Å². The summed E-state index contributed by atoms with van der Waals surface area (Å²) in [5.41, 5.74) is 1.06. The molecular formula is C19H18FN3O4S. The van der Waals surface area contributed by atoms with Crippen LogP contribution in [0.15, 0.2) is 52.1 Å². The molecule has 3 aromatic rings. The van der Waals surface area contributed by atoms with Crippen molar-refractivity contribution in [2.45, 2.75) is 11.8 Å². The van der Waals surface area contributed by atoms with Gasteiger partial charge in [0.1, 0.15) is 17.3 Å². The summed E-state index contributed by atoms with van der Waals surface area (Å²) < 4.78 is 29.6. The zero-order chi connectivity index (χ0) is 19.9. The van der Waals surface area contributed by atoms with Crippen LogP contribution in [-0.4, -0.2) is 36.1 Å². The topological polar surface area (TPSA) is 86.5 Å². The number of methoxy groups -OCH3 is 2. The fraction of sp³-hybridized carbons (Fsp3) is 0.211. The Morgan fingerprint density at radius 2 is 1.86 bits per heavy atom. The van der Waals surface area contributed by atoms with E-state index in [-0.39, 0.29) is 35.1 Å². The maximum absolute atomic E-state index is 13.6. The van der Waals surface area contributed by atoms with Gasteiger partial charge in [0, 0.05) is 23.7 Å². The molecule has 1 N–H and O–H groups in total. The minimum Gasteiger partial charge on any atom is -0.497 e. The molecule has 3 rings (SSSR count). The van der Waals surface area contributed by atoms with Gasteiger partial charge in [-0.3, -0.25) is 4.79 Å². The number of hydrogen-bond acceptors (Lipinski definition) is 7. The maximum atomic E-state index is 13.6. The molecule has 1 heterocycles. The number of ether oxygens (including phenoxy) is 2. The van der Waals surface area contributed by atoms with E-state index in [1.807, 2.05) is 0 Å². The molecule has 0 spiro atoms. The first kappa shape index (κ1) is 19.7. The fourth-order valence-corrected chi connectivity index (χ4v) is 2.92. The van der Waals surface area contributed by atoms with Crippen LogP contribution in [0.25, 0.3) is 11.5 Å². The minimum atomic E-state index is -0.356. The second kappa shape index (κ2) is 9.23. The lowest BCUT2D eigenvalue weighted by atomic mass is 10.2. The largest absolute Gasteiger partial charge is 0.497 e. The number of nitrogens with zero attached hydrogens (tertiary/aromatic N) is 2. The van der Waals surface area contributed by atoms with Crippen molar-refractivity contribution in [2.75, 3.05) is 20.0 Å². The normalized spacial score (nSPS) is 10.5. The molecule has 1 amide bonds. The highest BCUT2D eigenvalue weighted by Gasteiger charge is 2.13. The van der Waals surface area contributed by atoms with E-state index >= 15 is 0 Å². The predicted octanol–water partition coefficient (Wildman–Crippen LogP) is 3.30. The Balaban J connectivity index is 1.57. The monoisotopic (exact) mass is 403 g/mol. The third kappa shape index (κ3) is 5.01. The van der Waals surface area contributed by atoms with Crippen molar-refractivity contribution in [1.29, 1.82) is 0 Å². The minimum absolute atomic E-state index is 0.0670. The number of aromatic nitrogens is 2. The molecule has 0 aliphatic rings. The van der Waals surface area contributed by atoms with Crippen molar-refractivity contribution in [1.82, 2.24) is 15.5 Å². The molecule has 0 atom stereocenters. The van der Waals surface area contributed by atoms with E-state index < -0.39 is 0 Å². The van der Waals surface area contributed by atoms with Crippen LogP contribution >= 0.6 is 11.8 Å². The molecule has 146 valence electrons. The summed E-state index contributed by atoms with van der Waals surface area (Å²) in [4.78, 5) is 12.0. The van der Waals surface area contributed by atoms with Crippen LogP contribution in [0.1, 0.15) is 5.56 Å². The Morgan fingerprint density at radius 1 is 1.14 bits per heavy atom. The Morgan fingerprint density at radius 3 is 2.54 bits per heavy atom. The van der Waals surface area contributed by atoms with Crippen LogP contribution in [0.4, 0.5) is 4.39 Å². The van der Waals surface area contributed by atoms with Gasteiger partial charge in [-0.25, -0.2) is 4.39 Å². The molecule has 0 bridgehead atoms. The van der Waals surface area contributed by atoms with Gasteiger partial charge in [-0.1, -0.05) is 30.0 Å². The maximum Gasteiger partial charge on any atom is 0.277 e. The number of carbonyl (C=O) groups is 1. The molecule has 0 radical (unpaired) electrons. The Kier molecular flexibility index (Phi) is 6.49. The Hall–Kier alpha value is -3.07. The summed E-state index contributed by atoms with van der Waals surface area (Å²) in [7, 11) is 3.10. The quantitative estimate of drug-likeness (QED) is 0.578. The molecule has 0 unspecified atom stereocenters. The van der Waals surface area contributed by atoms with E-state index in [0.29, 0.717) is 22.6 Å². The smallest absolute Gasteiger partial charge is 0.277 e. The van der Waals surface area contributed by atoms with E-state index in [0.717, 1.165) is 11.8 Å². The molecule has 0 aliphatic carbocycles. The predicted molar refractivity (Wildman–Crippen MR) is 102 cm³/mol. The van der Waals surface area contributed by atoms with Gasteiger partial charge in [-0.15, -0.1) is 10.2 Å². The number of amides is 1. The Bertz CT molecular complexity index is 942. The van der Waals surface area contributed by atoms with Crippen LogP contribution in [0, 0.1) is 5.82 Å². The van der Waals surface area contributed by atoms with Gasteiger partial charge in [0.25, 0.3) is 5.22 Å². The molecule has 28 heavy (non-hydrogen) atoms. The van der Waals surface area contributed by atoms with Gasteiger partial charge in [0.05, 0.1) is 20.0 Å². The standard InChI is InChI=1S/C19H18FN3O4S/c1-25-14-7-13(8-15(9-14)26-2)18-22-23-19(27-18)28-11-17(24)21-10-12-5-3-4-6-16(12)20/h3-9H,10-11H2,1-2H3,(H,21,24). The van der Waals surface area contributed by atoms with Gasteiger partial charge in [0.2, 0.25) is 11.8 Å². The van der Waals surface area contributed by atoms with Gasteiger partial charge >= 0.3 is 0 Å². The number of carbonyl (C=O) groups excluding carboxylic acids is 1. The number of halogens is 1. The molecule has 7 nitrogen and oxygen atoms in total. The second-order valence-electron chi connectivity index (χ2n) is 5.63. The fourth-order valence-electron chi connectivity index (χ4n) is 2.33. The van der Waals surface area contributed by atoms with Gasteiger partial charge in [-0.2, -0.15) is 0 Å². The lowest BCUT2D eigenvalue weighted by molar-refractivity contribution is -0.118. The highest BCUT2D eigenvalue weighted by molar-refractivity contribution is 7.99.